The van der Waals surface area contributed by atoms with Crippen molar-refractivity contribution in [2.24, 2.45) is 5.92 Å². The maximum atomic E-state index is 13.0. The van der Waals surface area contributed by atoms with Gasteiger partial charge in [-0.05, 0) is 37.1 Å². The number of carbonyl (C=O) groups excluding carboxylic acids is 2. The summed E-state index contributed by atoms with van der Waals surface area (Å²) in [4.78, 5) is 25.5. The van der Waals surface area contributed by atoms with Crippen LogP contribution < -0.4 is 16.0 Å². The zero-order valence-electron chi connectivity index (χ0n) is 16.8. The number of rotatable bonds is 4. The molecule has 2 heterocycles. The standard InChI is InChI=1S/C22H25N5O2/c1-4-16-14(3)23-22(25-20(16)28)27-19(12-13(2)26-27)24-21(29)18-11-7-9-15-8-5-6-10-17(15)18/h5-12,14,16,22-23H,4H2,1-3H3,(H,24,29)(H,25,28). The third-order valence-corrected chi connectivity index (χ3v) is 5.46. The van der Waals surface area contributed by atoms with E-state index < -0.39 is 6.29 Å². The molecule has 3 unspecified atom stereocenters. The van der Waals surface area contributed by atoms with Crippen LogP contribution in [0.2, 0.25) is 0 Å². The lowest BCUT2D eigenvalue weighted by Crippen LogP contribution is -2.57. The van der Waals surface area contributed by atoms with Crippen LogP contribution in [0.1, 0.15) is 42.6 Å². The fraction of sp³-hybridized carbons (Fsp3) is 0.318. The predicted molar refractivity (Wildman–Crippen MR) is 112 cm³/mol. The summed E-state index contributed by atoms with van der Waals surface area (Å²) < 4.78 is 1.62. The van der Waals surface area contributed by atoms with Crippen LogP contribution in [0.3, 0.4) is 0 Å². The van der Waals surface area contributed by atoms with E-state index in [1.54, 1.807) is 16.8 Å². The van der Waals surface area contributed by atoms with E-state index >= 15 is 0 Å². The van der Waals surface area contributed by atoms with Crippen LogP contribution in [-0.4, -0.2) is 27.6 Å². The lowest BCUT2D eigenvalue weighted by atomic mass is 9.95. The van der Waals surface area contributed by atoms with Gasteiger partial charge in [0.05, 0.1) is 11.6 Å². The Kier molecular flexibility index (Phi) is 5.07. The molecule has 3 N–H and O–H groups in total. The Balaban J connectivity index is 1.62. The summed E-state index contributed by atoms with van der Waals surface area (Å²) >= 11 is 0. The molecule has 1 saturated heterocycles. The number of hydrogen-bond donors (Lipinski definition) is 3. The third-order valence-electron chi connectivity index (χ3n) is 5.46. The van der Waals surface area contributed by atoms with Crippen LogP contribution in [-0.2, 0) is 4.79 Å². The van der Waals surface area contributed by atoms with Gasteiger partial charge in [0.25, 0.3) is 5.91 Å². The van der Waals surface area contributed by atoms with E-state index in [1.807, 2.05) is 57.2 Å². The molecule has 29 heavy (non-hydrogen) atoms. The Hall–Kier alpha value is -3.19. The highest BCUT2D eigenvalue weighted by Gasteiger charge is 2.34. The lowest BCUT2D eigenvalue weighted by Gasteiger charge is -2.35. The molecule has 0 aliphatic carbocycles. The van der Waals surface area contributed by atoms with Crippen molar-refractivity contribution in [2.75, 3.05) is 5.32 Å². The quantitative estimate of drug-likeness (QED) is 0.637. The highest BCUT2D eigenvalue weighted by atomic mass is 16.2. The largest absolute Gasteiger partial charge is 0.322 e. The highest BCUT2D eigenvalue weighted by molar-refractivity contribution is 6.12. The number of nitrogens with one attached hydrogen (secondary N) is 3. The lowest BCUT2D eigenvalue weighted by molar-refractivity contribution is -0.130. The first-order valence-electron chi connectivity index (χ1n) is 9.89. The maximum absolute atomic E-state index is 13.0. The predicted octanol–water partition coefficient (Wildman–Crippen LogP) is 3.19. The van der Waals surface area contributed by atoms with Crippen molar-refractivity contribution in [1.29, 1.82) is 0 Å². The highest BCUT2D eigenvalue weighted by Crippen LogP contribution is 2.23. The molecule has 3 aromatic rings. The summed E-state index contributed by atoms with van der Waals surface area (Å²) in [6, 6.07) is 15.2. The molecule has 0 saturated carbocycles. The van der Waals surface area contributed by atoms with E-state index in [2.05, 4.69) is 21.0 Å². The van der Waals surface area contributed by atoms with Crippen LogP contribution in [0, 0.1) is 12.8 Å². The van der Waals surface area contributed by atoms with Gasteiger partial charge in [0, 0.05) is 17.7 Å². The minimum absolute atomic E-state index is 0.00451. The number of fused-ring (bicyclic) bond motifs is 1. The molecule has 1 aliphatic heterocycles. The zero-order chi connectivity index (χ0) is 20.5. The van der Waals surface area contributed by atoms with Crippen LogP contribution in [0.15, 0.2) is 48.5 Å². The zero-order valence-corrected chi connectivity index (χ0v) is 16.8. The third kappa shape index (κ3) is 3.61. The van der Waals surface area contributed by atoms with Gasteiger partial charge >= 0.3 is 0 Å². The van der Waals surface area contributed by atoms with E-state index in [4.69, 9.17) is 0 Å². The van der Waals surface area contributed by atoms with Gasteiger partial charge < -0.3 is 10.6 Å². The van der Waals surface area contributed by atoms with Crippen LogP contribution in [0.4, 0.5) is 5.82 Å². The molecule has 0 spiro atoms. The number of benzene rings is 2. The van der Waals surface area contributed by atoms with Gasteiger partial charge in [-0.25, -0.2) is 4.68 Å². The first-order valence-corrected chi connectivity index (χ1v) is 9.89. The average Bonchev–Trinajstić information content (AvgIpc) is 3.07. The molecular weight excluding hydrogens is 366 g/mol. The molecule has 7 nitrogen and oxygen atoms in total. The summed E-state index contributed by atoms with van der Waals surface area (Å²) in [5.74, 6) is 0.213. The second-order valence-electron chi connectivity index (χ2n) is 7.48. The Morgan fingerprint density at radius 3 is 2.72 bits per heavy atom. The van der Waals surface area contributed by atoms with Crippen LogP contribution in [0.25, 0.3) is 10.8 Å². The number of aromatic nitrogens is 2. The van der Waals surface area contributed by atoms with E-state index in [9.17, 15) is 9.59 Å². The molecular formula is C22H25N5O2. The van der Waals surface area contributed by atoms with Gasteiger partial charge in [-0.3, -0.25) is 14.9 Å². The average molecular weight is 391 g/mol. The number of anilines is 1. The fourth-order valence-electron chi connectivity index (χ4n) is 3.96. The number of carbonyl (C=O) groups is 2. The number of aryl methyl sites for hydroxylation is 1. The topological polar surface area (TPSA) is 88.1 Å². The molecule has 3 atom stereocenters. The summed E-state index contributed by atoms with van der Waals surface area (Å²) in [5, 5.41) is 15.7. The van der Waals surface area contributed by atoms with Crippen molar-refractivity contribution in [3.05, 3.63) is 59.8 Å². The summed E-state index contributed by atoms with van der Waals surface area (Å²) in [5.41, 5.74) is 1.34. The van der Waals surface area contributed by atoms with Gasteiger partial charge in [0.15, 0.2) is 6.29 Å². The van der Waals surface area contributed by atoms with Crippen molar-refractivity contribution < 1.29 is 9.59 Å². The second-order valence-corrected chi connectivity index (χ2v) is 7.48. The minimum atomic E-state index is -0.517. The van der Waals surface area contributed by atoms with E-state index in [1.165, 1.54) is 0 Å². The molecule has 150 valence electrons. The van der Waals surface area contributed by atoms with Crippen LogP contribution in [0.5, 0.6) is 0 Å². The minimum Gasteiger partial charge on any atom is -0.322 e. The summed E-state index contributed by atoms with van der Waals surface area (Å²) in [6.07, 6.45) is 0.243. The normalized spacial score (nSPS) is 21.8. The maximum Gasteiger partial charge on any atom is 0.257 e. The first-order chi connectivity index (χ1) is 14.0. The van der Waals surface area contributed by atoms with Gasteiger partial charge in [0.2, 0.25) is 5.91 Å². The summed E-state index contributed by atoms with van der Waals surface area (Å²) in [7, 11) is 0. The molecule has 0 radical (unpaired) electrons. The van der Waals surface area contributed by atoms with Gasteiger partial charge in [0.1, 0.15) is 5.82 Å². The van der Waals surface area contributed by atoms with Crippen molar-refractivity contribution in [2.45, 2.75) is 39.5 Å². The SMILES string of the molecule is CCC1C(=O)NC(n2nc(C)cc2NC(=O)c2cccc3ccccc23)NC1C. The number of hydrogen-bond acceptors (Lipinski definition) is 4. The molecule has 0 bridgehead atoms. The van der Waals surface area contributed by atoms with Crippen LogP contribution >= 0.6 is 0 Å². The molecule has 2 amide bonds. The molecule has 2 aromatic carbocycles. The summed E-state index contributed by atoms with van der Waals surface area (Å²) in [6.45, 7) is 5.84. The second kappa shape index (κ2) is 7.67. The fourth-order valence-corrected chi connectivity index (χ4v) is 3.96. The number of nitrogens with zero attached hydrogens (tertiary/aromatic N) is 2. The Morgan fingerprint density at radius 1 is 1.21 bits per heavy atom. The van der Waals surface area contributed by atoms with Gasteiger partial charge in [-0.2, -0.15) is 5.10 Å². The van der Waals surface area contributed by atoms with Crippen molar-refractivity contribution in [3.63, 3.8) is 0 Å². The van der Waals surface area contributed by atoms with Crippen molar-refractivity contribution >= 4 is 28.4 Å². The van der Waals surface area contributed by atoms with Crippen molar-refractivity contribution in [1.82, 2.24) is 20.4 Å². The smallest absolute Gasteiger partial charge is 0.257 e. The van der Waals surface area contributed by atoms with E-state index in [0.717, 1.165) is 22.9 Å². The molecule has 4 rings (SSSR count). The van der Waals surface area contributed by atoms with Gasteiger partial charge in [-0.15, -0.1) is 0 Å². The molecule has 7 heteroatoms. The molecule has 1 aliphatic rings. The van der Waals surface area contributed by atoms with Crippen molar-refractivity contribution in [3.8, 4) is 0 Å². The molecule has 1 fully saturated rings. The Bertz CT molecular complexity index is 1070. The number of amides is 2. The van der Waals surface area contributed by atoms with Gasteiger partial charge in [-0.1, -0.05) is 43.3 Å². The Morgan fingerprint density at radius 2 is 1.97 bits per heavy atom. The molecule has 1 aromatic heterocycles. The Labute approximate surface area is 169 Å². The van der Waals surface area contributed by atoms with E-state index in [0.29, 0.717) is 11.4 Å². The monoisotopic (exact) mass is 391 g/mol. The van der Waals surface area contributed by atoms with E-state index in [-0.39, 0.29) is 23.8 Å². The first kappa shape index (κ1) is 19.1.